The summed E-state index contributed by atoms with van der Waals surface area (Å²) in [6.07, 6.45) is 0.956. The highest BCUT2D eigenvalue weighted by molar-refractivity contribution is 6.35. The van der Waals surface area contributed by atoms with Gasteiger partial charge in [-0.05, 0) is 24.5 Å². The van der Waals surface area contributed by atoms with Gasteiger partial charge in [-0.2, -0.15) is 0 Å². The number of amides is 3. The van der Waals surface area contributed by atoms with Crippen LogP contribution in [-0.4, -0.2) is 30.8 Å². The molecule has 6 heteroatoms. The average Bonchev–Trinajstić information content (AvgIpc) is 2.51. The number of hydrogen-bond acceptors (Lipinski definition) is 3. The summed E-state index contributed by atoms with van der Waals surface area (Å²) in [5, 5.41) is 7.62. The predicted octanol–water partition coefficient (Wildman–Crippen LogP) is 0.679. The molecule has 0 saturated carbocycles. The van der Waals surface area contributed by atoms with Crippen LogP contribution in [0.3, 0.4) is 0 Å². The Labute approximate surface area is 130 Å². The van der Waals surface area contributed by atoms with Gasteiger partial charge in [-0.15, -0.1) is 0 Å². The minimum Gasteiger partial charge on any atom is -0.355 e. The molecular formula is C16H23N3O3. The molecule has 0 heterocycles. The second kappa shape index (κ2) is 8.81. The number of carbonyl (C=O) groups is 3. The molecule has 0 aliphatic rings. The highest BCUT2D eigenvalue weighted by atomic mass is 16.2. The lowest BCUT2D eigenvalue weighted by Crippen LogP contribution is -2.43. The molecule has 120 valence electrons. The minimum absolute atomic E-state index is 0.178. The van der Waals surface area contributed by atoms with Gasteiger partial charge in [0.15, 0.2) is 0 Å². The average molecular weight is 305 g/mol. The molecule has 0 aliphatic carbocycles. The summed E-state index contributed by atoms with van der Waals surface area (Å²) in [6.45, 7) is 5.79. The molecule has 0 radical (unpaired) electrons. The summed E-state index contributed by atoms with van der Waals surface area (Å²) in [7, 11) is 0. The molecule has 3 amide bonds. The molecule has 0 bridgehead atoms. The first kappa shape index (κ1) is 17.7. The van der Waals surface area contributed by atoms with Gasteiger partial charge in [0.1, 0.15) is 0 Å². The first-order chi connectivity index (χ1) is 10.4. The zero-order valence-electron chi connectivity index (χ0n) is 13.2. The van der Waals surface area contributed by atoms with Crippen LogP contribution < -0.4 is 16.0 Å². The molecule has 1 aromatic carbocycles. The standard InChI is InChI=1S/C16H23N3O3/c1-4-13-5-7-14(8-6-13)11(2)19-16(22)15(21)18-10-9-17-12(3)20/h5-8,11H,4,9-10H2,1-3H3,(H,17,20)(H,18,21)(H,19,22). The number of aryl methyl sites for hydroxylation is 1. The maximum Gasteiger partial charge on any atom is 0.309 e. The molecule has 1 unspecified atom stereocenters. The van der Waals surface area contributed by atoms with Gasteiger partial charge in [-0.1, -0.05) is 31.2 Å². The first-order valence-corrected chi connectivity index (χ1v) is 7.36. The fraction of sp³-hybridized carbons (Fsp3) is 0.438. The van der Waals surface area contributed by atoms with Crippen LogP contribution in [0, 0.1) is 0 Å². The van der Waals surface area contributed by atoms with E-state index in [1.54, 1.807) is 0 Å². The van der Waals surface area contributed by atoms with Gasteiger partial charge in [0, 0.05) is 20.0 Å². The van der Waals surface area contributed by atoms with E-state index in [9.17, 15) is 14.4 Å². The lowest BCUT2D eigenvalue weighted by atomic mass is 10.1. The summed E-state index contributed by atoms with van der Waals surface area (Å²) < 4.78 is 0. The molecule has 0 fully saturated rings. The van der Waals surface area contributed by atoms with Crippen LogP contribution >= 0.6 is 0 Å². The van der Waals surface area contributed by atoms with Crippen molar-refractivity contribution < 1.29 is 14.4 Å². The fourth-order valence-electron chi connectivity index (χ4n) is 1.88. The summed E-state index contributed by atoms with van der Waals surface area (Å²) in [6, 6.07) is 7.65. The third-order valence-electron chi connectivity index (χ3n) is 3.23. The second-order valence-corrected chi connectivity index (χ2v) is 5.03. The van der Waals surface area contributed by atoms with E-state index in [0.29, 0.717) is 6.54 Å². The molecule has 1 aromatic rings. The van der Waals surface area contributed by atoms with Crippen molar-refractivity contribution in [3.8, 4) is 0 Å². The zero-order valence-corrected chi connectivity index (χ0v) is 13.2. The Kier molecular flexibility index (Phi) is 7.08. The summed E-state index contributed by atoms with van der Waals surface area (Å²) in [4.78, 5) is 34.1. The Balaban J connectivity index is 2.41. The van der Waals surface area contributed by atoms with Gasteiger partial charge in [0.25, 0.3) is 0 Å². The normalized spacial score (nSPS) is 11.4. The smallest absolute Gasteiger partial charge is 0.309 e. The van der Waals surface area contributed by atoms with Crippen LogP contribution in [0.15, 0.2) is 24.3 Å². The maximum absolute atomic E-state index is 11.8. The van der Waals surface area contributed by atoms with Gasteiger partial charge in [0.05, 0.1) is 6.04 Å². The molecule has 0 aromatic heterocycles. The molecule has 1 atom stereocenters. The Morgan fingerprint density at radius 2 is 1.59 bits per heavy atom. The van der Waals surface area contributed by atoms with E-state index in [1.165, 1.54) is 12.5 Å². The van der Waals surface area contributed by atoms with Gasteiger partial charge in [-0.3, -0.25) is 14.4 Å². The highest BCUT2D eigenvalue weighted by Crippen LogP contribution is 2.13. The maximum atomic E-state index is 11.8. The van der Waals surface area contributed by atoms with Crippen LogP contribution in [0.25, 0.3) is 0 Å². The van der Waals surface area contributed by atoms with Crippen LogP contribution in [0.2, 0.25) is 0 Å². The minimum atomic E-state index is -0.706. The number of hydrogen-bond donors (Lipinski definition) is 3. The summed E-state index contributed by atoms with van der Waals surface area (Å²) in [5.41, 5.74) is 2.16. The van der Waals surface area contributed by atoms with Gasteiger partial charge >= 0.3 is 11.8 Å². The topological polar surface area (TPSA) is 87.3 Å². The largest absolute Gasteiger partial charge is 0.355 e. The number of nitrogens with one attached hydrogen (secondary N) is 3. The quantitative estimate of drug-likeness (QED) is 0.533. The van der Waals surface area contributed by atoms with Crippen molar-refractivity contribution >= 4 is 17.7 Å². The van der Waals surface area contributed by atoms with Gasteiger partial charge in [0.2, 0.25) is 5.91 Å². The molecule has 1 rings (SSSR count). The van der Waals surface area contributed by atoms with Crippen molar-refractivity contribution in [1.82, 2.24) is 16.0 Å². The van der Waals surface area contributed by atoms with Crippen molar-refractivity contribution in [3.05, 3.63) is 35.4 Å². The van der Waals surface area contributed by atoms with E-state index in [4.69, 9.17) is 0 Å². The second-order valence-electron chi connectivity index (χ2n) is 5.03. The van der Waals surface area contributed by atoms with E-state index in [2.05, 4.69) is 22.9 Å². The van der Waals surface area contributed by atoms with Crippen LogP contribution in [0.5, 0.6) is 0 Å². The lowest BCUT2D eigenvalue weighted by molar-refractivity contribution is -0.139. The van der Waals surface area contributed by atoms with E-state index in [-0.39, 0.29) is 18.5 Å². The third-order valence-corrected chi connectivity index (χ3v) is 3.23. The van der Waals surface area contributed by atoms with E-state index in [0.717, 1.165) is 12.0 Å². The predicted molar refractivity (Wildman–Crippen MR) is 84.1 cm³/mol. The number of rotatable bonds is 6. The lowest BCUT2D eigenvalue weighted by Gasteiger charge is -2.14. The van der Waals surface area contributed by atoms with Crippen molar-refractivity contribution in [1.29, 1.82) is 0 Å². The van der Waals surface area contributed by atoms with E-state index < -0.39 is 11.8 Å². The fourth-order valence-corrected chi connectivity index (χ4v) is 1.88. The Bertz CT molecular complexity index is 526. The van der Waals surface area contributed by atoms with Crippen molar-refractivity contribution in [2.75, 3.05) is 13.1 Å². The number of benzene rings is 1. The molecule has 6 nitrogen and oxygen atoms in total. The molecule has 22 heavy (non-hydrogen) atoms. The van der Waals surface area contributed by atoms with Gasteiger partial charge in [-0.25, -0.2) is 0 Å². The summed E-state index contributed by atoms with van der Waals surface area (Å²) >= 11 is 0. The summed E-state index contributed by atoms with van der Waals surface area (Å²) in [5.74, 6) is -1.57. The Morgan fingerprint density at radius 3 is 2.14 bits per heavy atom. The number of carbonyl (C=O) groups excluding carboxylic acids is 3. The Hall–Kier alpha value is -2.37. The molecule has 0 aliphatic heterocycles. The third kappa shape index (κ3) is 5.95. The molecule has 0 spiro atoms. The monoisotopic (exact) mass is 305 g/mol. The molecule has 3 N–H and O–H groups in total. The van der Waals surface area contributed by atoms with Crippen LogP contribution in [0.4, 0.5) is 0 Å². The van der Waals surface area contributed by atoms with Crippen molar-refractivity contribution in [3.63, 3.8) is 0 Å². The first-order valence-electron chi connectivity index (χ1n) is 7.36. The SMILES string of the molecule is CCc1ccc(C(C)NC(=O)C(=O)NCCNC(C)=O)cc1. The Morgan fingerprint density at radius 1 is 1.00 bits per heavy atom. The van der Waals surface area contributed by atoms with Crippen LogP contribution in [0.1, 0.15) is 37.9 Å². The molecule has 0 saturated heterocycles. The van der Waals surface area contributed by atoms with Crippen molar-refractivity contribution in [2.45, 2.75) is 33.2 Å². The van der Waals surface area contributed by atoms with Crippen molar-refractivity contribution in [2.24, 2.45) is 0 Å². The molecular weight excluding hydrogens is 282 g/mol. The van der Waals surface area contributed by atoms with Gasteiger partial charge < -0.3 is 16.0 Å². The van der Waals surface area contributed by atoms with E-state index >= 15 is 0 Å². The van der Waals surface area contributed by atoms with Crippen LogP contribution in [-0.2, 0) is 20.8 Å². The van der Waals surface area contributed by atoms with E-state index in [1.807, 2.05) is 31.2 Å². The highest BCUT2D eigenvalue weighted by Gasteiger charge is 2.16. The zero-order chi connectivity index (χ0) is 16.5.